The van der Waals surface area contributed by atoms with Gasteiger partial charge in [0, 0.05) is 31.8 Å². The lowest BCUT2D eigenvalue weighted by Gasteiger charge is -2.34. The second kappa shape index (κ2) is 6.32. The Morgan fingerprint density at radius 1 is 1.44 bits per heavy atom. The van der Waals surface area contributed by atoms with Gasteiger partial charge in [-0.15, -0.1) is 0 Å². The number of rotatable bonds is 5. The van der Waals surface area contributed by atoms with E-state index in [9.17, 15) is 0 Å². The number of nitrogens with two attached hydrogens (primary N) is 3. The second-order valence-electron chi connectivity index (χ2n) is 4.26. The van der Waals surface area contributed by atoms with Gasteiger partial charge in [-0.25, -0.2) is 0 Å². The van der Waals surface area contributed by atoms with E-state index in [2.05, 4.69) is 16.9 Å². The van der Waals surface area contributed by atoms with E-state index in [1.807, 2.05) is 5.01 Å². The van der Waals surface area contributed by atoms with Crippen LogP contribution in [0.25, 0.3) is 0 Å². The van der Waals surface area contributed by atoms with E-state index >= 15 is 0 Å². The smallest absolute Gasteiger partial charge is 0.121 e. The van der Waals surface area contributed by atoms with Crippen molar-refractivity contribution in [1.82, 2.24) is 5.01 Å². The molecule has 6 heteroatoms. The fraction of sp³-hybridized carbons (Fsp3) is 0.800. The molecule has 1 saturated carbocycles. The van der Waals surface area contributed by atoms with Crippen LogP contribution in [0.15, 0.2) is 10.2 Å². The molecule has 6 N–H and O–H groups in total. The molecule has 1 rings (SSSR count). The summed E-state index contributed by atoms with van der Waals surface area (Å²) in [7, 11) is 0. The molecule has 1 fully saturated rings. The molecule has 0 radical (unpaired) electrons. The fourth-order valence-corrected chi connectivity index (χ4v) is 2.13. The van der Waals surface area contributed by atoms with Crippen LogP contribution < -0.4 is 17.3 Å². The summed E-state index contributed by atoms with van der Waals surface area (Å²) in [6.07, 6.45) is 4.96. The molecule has 92 valence electrons. The van der Waals surface area contributed by atoms with E-state index in [-0.39, 0.29) is 6.04 Å². The first kappa shape index (κ1) is 12.8. The molecular formula is C10H22N6. The Morgan fingerprint density at radius 2 is 2.19 bits per heavy atom. The number of hydrazone groups is 2. The predicted octanol–water partition coefficient (Wildman–Crippen LogP) is -0.205. The molecule has 2 atom stereocenters. The van der Waals surface area contributed by atoms with Crippen LogP contribution in [0.2, 0.25) is 0 Å². The highest BCUT2D eigenvalue weighted by molar-refractivity contribution is 5.80. The molecule has 0 saturated heterocycles. The van der Waals surface area contributed by atoms with Crippen molar-refractivity contribution in [2.24, 2.45) is 27.5 Å². The molecule has 0 bridgehead atoms. The monoisotopic (exact) mass is 226 g/mol. The molecule has 0 spiro atoms. The van der Waals surface area contributed by atoms with Gasteiger partial charge in [0.25, 0.3) is 0 Å². The van der Waals surface area contributed by atoms with Crippen molar-refractivity contribution in [2.45, 2.75) is 44.2 Å². The molecule has 0 heterocycles. The van der Waals surface area contributed by atoms with Gasteiger partial charge in [0.05, 0.1) is 0 Å². The van der Waals surface area contributed by atoms with Crippen LogP contribution in [0.3, 0.4) is 0 Å². The molecule has 1 aliphatic carbocycles. The SMILES string of the molecule is C=NN(CC/C(N)=N\N)C1CCCC(N)C1. The van der Waals surface area contributed by atoms with Crippen LogP contribution in [-0.4, -0.2) is 36.2 Å². The summed E-state index contributed by atoms with van der Waals surface area (Å²) in [5.41, 5.74) is 11.5. The Balaban J connectivity index is 2.43. The third-order valence-corrected chi connectivity index (χ3v) is 3.05. The molecule has 0 aromatic rings. The zero-order valence-electron chi connectivity index (χ0n) is 9.68. The largest absolute Gasteiger partial charge is 0.386 e. The zero-order chi connectivity index (χ0) is 12.0. The van der Waals surface area contributed by atoms with E-state index in [1.54, 1.807) is 0 Å². The summed E-state index contributed by atoms with van der Waals surface area (Å²) < 4.78 is 0. The van der Waals surface area contributed by atoms with Gasteiger partial charge in [-0.05, 0) is 25.7 Å². The second-order valence-corrected chi connectivity index (χ2v) is 4.26. The minimum atomic E-state index is 0.281. The van der Waals surface area contributed by atoms with Crippen LogP contribution >= 0.6 is 0 Å². The fourth-order valence-electron chi connectivity index (χ4n) is 2.13. The Morgan fingerprint density at radius 3 is 2.75 bits per heavy atom. The van der Waals surface area contributed by atoms with E-state index in [0.29, 0.717) is 24.8 Å². The normalized spacial score (nSPS) is 26.4. The minimum Gasteiger partial charge on any atom is -0.386 e. The highest BCUT2D eigenvalue weighted by Gasteiger charge is 2.23. The Kier molecular flexibility index (Phi) is 5.04. The Hall–Kier alpha value is -1.30. The van der Waals surface area contributed by atoms with Gasteiger partial charge < -0.3 is 17.3 Å². The summed E-state index contributed by atoms with van der Waals surface area (Å²) in [4.78, 5) is 0. The van der Waals surface area contributed by atoms with E-state index < -0.39 is 0 Å². The molecule has 0 aromatic carbocycles. The summed E-state index contributed by atoms with van der Waals surface area (Å²) in [5, 5.41) is 9.42. The van der Waals surface area contributed by atoms with Gasteiger partial charge in [0.15, 0.2) is 0 Å². The van der Waals surface area contributed by atoms with Crippen molar-refractivity contribution in [1.29, 1.82) is 0 Å². The van der Waals surface area contributed by atoms with Crippen LogP contribution in [-0.2, 0) is 0 Å². The summed E-state index contributed by atoms with van der Waals surface area (Å²) >= 11 is 0. The summed E-state index contributed by atoms with van der Waals surface area (Å²) in [6, 6.07) is 0.662. The first-order valence-electron chi connectivity index (χ1n) is 5.68. The van der Waals surface area contributed by atoms with Gasteiger partial charge in [-0.3, -0.25) is 5.01 Å². The number of hydrogen-bond donors (Lipinski definition) is 3. The number of hydrogen-bond acceptors (Lipinski definition) is 5. The maximum atomic E-state index is 5.94. The molecule has 0 aromatic heterocycles. The maximum Gasteiger partial charge on any atom is 0.121 e. The van der Waals surface area contributed by atoms with Crippen molar-refractivity contribution >= 4 is 12.6 Å². The summed E-state index contributed by atoms with van der Waals surface area (Å²) in [5.74, 6) is 5.52. The quantitative estimate of drug-likeness (QED) is 0.261. The average molecular weight is 226 g/mol. The van der Waals surface area contributed by atoms with Gasteiger partial charge in [-0.1, -0.05) is 0 Å². The van der Waals surface area contributed by atoms with Crippen LogP contribution in [0.4, 0.5) is 0 Å². The molecule has 1 aliphatic rings. The highest BCUT2D eigenvalue weighted by Crippen LogP contribution is 2.22. The van der Waals surface area contributed by atoms with Crippen molar-refractivity contribution in [3.63, 3.8) is 0 Å². The Labute approximate surface area is 96.5 Å². The first-order chi connectivity index (χ1) is 7.67. The van der Waals surface area contributed by atoms with Crippen molar-refractivity contribution in [3.05, 3.63) is 0 Å². The van der Waals surface area contributed by atoms with Crippen molar-refractivity contribution in [3.8, 4) is 0 Å². The van der Waals surface area contributed by atoms with E-state index in [4.69, 9.17) is 17.3 Å². The molecular weight excluding hydrogens is 204 g/mol. The lowest BCUT2D eigenvalue weighted by Crippen LogP contribution is -2.41. The zero-order valence-corrected chi connectivity index (χ0v) is 9.68. The standard InChI is InChI=1S/C10H22N6/c1-14-16(6-5-10(12)15-13)9-4-2-3-8(11)7-9/h8-9H,1-7,11,13H2,(H2,12,15). The van der Waals surface area contributed by atoms with E-state index in [0.717, 1.165) is 25.7 Å². The Bertz CT molecular complexity index is 252. The summed E-state index contributed by atoms with van der Waals surface area (Å²) in [6.45, 7) is 4.29. The third-order valence-electron chi connectivity index (χ3n) is 3.05. The van der Waals surface area contributed by atoms with Crippen LogP contribution in [0, 0.1) is 0 Å². The predicted molar refractivity (Wildman–Crippen MR) is 66.9 cm³/mol. The molecule has 0 amide bonds. The molecule has 16 heavy (non-hydrogen) atoms. The van der Waals surface area contributed by atoms with E-state index in [1.165, 1.54) is 0 Å². The lowest BCUT2D eigenvalue weighted by atomic mass is 9.91. The van der Waals surface area contributed by atoms with Gasteiger partial charge in [0.1, 0.15) is 5.84 Å². The maximum absolute atomic E-state index is 5.94. The van der Waals surface area contributed by atoms with Crippen molar-refractivity contribution in [2.75, 3.05) is 6.54 Å². The average Bonchev–Trinajstić information content (AvgIpc) is 2.29. The van der Waals surface area contributed by atoms with Crippen LogP contribution in [0.5, 0.6) is 0 Å². The lowest BCUT2D eigenvalue weighted by molar-refractivity contribution is 0.158. The molecule has 2 unspecified atom stereocenters. The number of amidine groups is 1. The highest BCUT2D eigenvalue weighted by atomic mass is 15.5. The third kappa shape index (κ3) is 3.69. The van der Waals surface area contributed by atoms with Crippen molar-refractivity contribution < 1.29 is 0 Å². The van der Waals surface area contributed by atoms with Gasteiger partial charge >= 0.3 is 0 Å². The van der Waals surface area contributed by atoms with Crippen LogP contribution in [0.1, 0.15) is 32.1 Å². The number of nitrogens with zero attached hydrogens (tertiary/aromatic N) is 3. The molecule has 0 aliphatic heterocycles. The molecule has 6 nitrogen and oxygen atoms in total. The first-order valence-corrected chi connectivity index (χ1v) is 5.68. The van der Waals surface area contributed by atoms with Gasteiger partial charge in [-0.2, -0.15) is 10.2 Å². The van der Waals surface area contributed by atoms with Gasteiger partial charge in [0.2, 0.25) is 0 Å². The topological polar surface area (TPSA) is 106 Å². The minimum absolute atomic E-state index is 0.281.